The van der Waals surface area contributed by atoms with Gasteiger partial charge in [0.05, 0.1) is 24.4 Å². The van der Waals surface area contributed by atoms with Crippen molar-refractivity contribution in [1.29, 1.82) is 0 Å². The van der Waals surface area contributed by atoms with Crippen molar-refractivity contribution in [3.8, 4) is 10.6 Å². The van der Waals surface area contributed by atoms with Crippen LogP contribution < -0.4 is 0 Å². The molecule has 2 aromatic rings. The van der Waals surface area contributed by atoms with E-state index in [1.807, 2.05) is 0 Å². The SMILES string of the molecule is COC(=O)C[s+]1ccnc1-c1ccc(C(F)(F)F)cc1. The second kappa shape index (κ2) is 5.62. The first kappa shape index (κ1) is 14.5. The number of alkyl halides is 3. The van der Waals surface area contributed by atoms with E-state index >= 15 is 0 Å². The van der Waals surface area contributed by atoms with E-state index in [9.17, 15) is 18.0 Å². The summed E-state index contributed by atoms with van der Waals surface area (Å²) < 4.78 is 42.1. The van der Waals surface area contributed by atoms with E-state index in [-0.39, 0.29) is 11.7 Å². The highest BCUT2D eigenvalue weighted by atomic mass is 32.2. The van der Waals surface area contributed by atoms with Gasteiger partial charge in [0.1, 0.15) is 0 Å². The minimum atomic E-state index is -4.36. The molecule has 106 valence electrons. The van der Waals surface area contributed by atoms with Gasteiger partial charge in [0, 0.05) is 10.5 Å². The standard InChI is InChI=1S/C13H11F3NO2S/c1-19-11(18)8-20-7-6-17-12(20)9-2-4-10(5-3-9)13(14,15)16/h2-7H,8H2,1H3/q+1. The lowest BCUT2D eigenvalue weighted by Crippen LogP contribution is -2.04. The number of halogens is 3. The summed E-state index contributed by atoms with van der Waals surface area (Å²) in [6, 6.07) is 4.75. The van der Waals surface area contributed by atoms with Gasteiger partial charge in [0.15, 0.2) is 5.38 Å². The smallest absolute Gasteiger partial charge is 0.416 e. The second-order valence-electron chi connectivity index (χ2n) is 3.94. The molecule has 3 nitrogen and oxygen atoms in total. The van der Waals surface area contributed by atoms with Crippen molar-refractivity contribution < 1.29 is 22.7 Å². The number of hydrogen-bond donors (Lipinski definition) is 0. The third kappa shape index (κ3) is 3.16. The van der Waals surface area contributed by atoms with Gasteiger partial charge < -0.3 is 4.74 Å². The molecule has 1 aromatic carbocycles. The minimum Gasteiger partial charge on any atom is -0.465 e. The maximum atomic E-state index is 12.5. The van der Waals surface area contributed by atoms with Crippen molar-refractivity contribution in [2.24, 2.45) is 0 Å². The maximum absolute atomic E-state index is 12.5. The lowest BCUT2D eigenvalue weighted by Gasteiger charge is -2.05. The zero-order valence-corrected chi connectivity index (χ0v) is 11.3. The average Bonchev–Trinajstić information content (AvgIpc) is 2.86. The molecule has 1 unspecified atom stereocenters. The Morgan fingerprint density at radius 2 is 1.95 bits per heavy atom. The predicted octanol–water partition coefficient (Wildman–Crippen LogP) is 3.69. The molecule has 1 atom stereocenters. The number of aromatic nitrogens is 1. The summed E-state index contributed by atoms with van der Waals surface area (Å²) in [5.74, 6) is -0.230. The molecule has 0 amide bonds. The van der Waals surface area contributed by atoms with E-state index in [0.29, 0.717) is 10.6 Å². The Labute approximate surface area is 116 Å². The summed E-state index contributed by atoms with van der Waals surface area (Å²) in [5.41, 5.74) is -0.129. The maximum Gasteiger partial charge on any atom is 0.416 e. The van der Waals surface area contributed by atoms with Gasteiger partial charge in [0.25, 0.3) is 5.01 Å². The van der Waals surface area contributed by atoms with Crippen molar-refractivity contribution >= 4 is 16.4 Å². The number of benzene rings is 1. The highest BCUT2D eigenvalue weighted by Gasteiger charge is 2.30. The zero-order chi connectivity index (χ0) is 14.8. The molecule has 0 saturated carbocycles. The molecule has 0 aliphatic heterocycles. The fourth-order valence-corrected chi connectivity index (χ4v) is 3.21. The quantitative estimate of drug-likeness (QED) is 0.641. The summed E-state index contributed by atoms with van der Waals surface area (Å²) in [4.78, 5) is 15.4. The number of rotatable bonds is 3. The van der Waals surface area contributed by atoms with Crippen LogP contribution in [-0.4, -0.2) is 18.1 Å². The van der Waals surface area contributed by atoms with Crippen LogP contribution in [0.2, 0.25) is 0 Å². The van der Waals surface area contributed by atoms with E-state index in [1.54, 1.807) is 11.6 Å². The molecule has 2 rings (SSSR count). The van der Waals surface area contributed by atoms with Gasteiger partial charge >= 0.3 is 12.1 Å². The topological polar surface area (TPSA) is 39.2 Å². The van der Waals surface area contributed by atoms with Crippen LogP contribution in [0.4, 0.5) is 13.2 Å². The van der Waals surface area contributed by atoms with Gasteiger partial charge in [-0.05, 0) is 24.3 Å². The number of thiazole rings is 1. The Hall–Kier alpha value is -1.89. The molecule has 0 aliphatic carbocycles. The normalized spacial score (nSPS) is 12.3. The molecule has 0 aliphatic rings. The van der Waals surface area contributed by atoms with Crippen LogP contribution >= 0.6 is 10.5 Å². The largest absolute Gasteiger partial charge is 0.465 e. The third-order valence-electron chi connectivity index (χ3n) is 2.63. The monoisotopic (exact) mass is 302 g/mol. The molecule has 0 bridgehead atoms. The lowest BCUT2D eigenvalue weighted by molar-refractivity contribution is -0.139. The highest BCUT2D eigenvalue weighted by molar-refractivity contribution is 7.33. The summed E-state index contributed by atoms with van der Waals surface area (Å²) in [5, 5.41) is 2.35. The zero-order valence-electron chi connectivity index (χ0n) is 10.5. The molecule has 20 heavy (non-hydrogen) atoms. The summed E-state index contributed by atoms with van der Waals surface area (Å²) in [6.45, 7) is 0. The van der Waals surface area contributed by atoms with Gasteiger partial charge in [0.2, 0.25) is 5.75 Å². The molecular formula is C13H11F3NO2S+. The fraction of sp³-hybridized carbons (Fsp3) is 0.231. The van der Waals surface area contributed by atoms with Crippen LogP contribution in [0.25, 0.3) is 10.6 Å². The summed E-state index contributed by atoms with van der Waals surface area (Å²) in [7, 11) is 0.732. The van der Waals surface area contributed by atoms with Gasteiger partial charge in [-0.25, -0.2) is 9.78 Å². The molecular weight excluding hydrogens is 291 g/mol. The van der Waals surface area contributed by atoms with Gasteiger partial charge in [-0.15, -0.1) is 0 Å². The number of nitrogens with zero attached hydrogens (tertiary/aromatic N) is 1. The van der Waals surface area contributed by atoms with Gasteiger partial charge in [-0.3, -0.25) is 0 Å². The van der Waals surface area contributed by atoms with E-state index in [4.69, 9.17) is 0 Å². The predicted molar refractivity (Wildman–Crippen MR) is 69.2 cm³/mol. The van der Waals surface area contributed by atoms with Crippen LogP contribution in [0.1, 0.15) is 5.56 Å². The Kier molecular flexibility index (Phi) is 4.08. The van der Waals surface area contributed by atoms with E-state index in [1.165, 1.54) is 19.2 Å². The highest BCUT2D eigenvalue weighted by Crippen LogP contribution is 2.35. The first-order valence-electron chi connectivity index (χ1n) is 5.60. The Morgan fingerprint density at radius 1 is 1.30 bits per heavy atom. The van der Waals surface area contributed by atoms with Crippen molar-refractivity contribution in [3.63, 3.8) is 0 Å². The molecule has 0 fully saturated rings. The second-order valence-corrected chi connectivity index (χ2v) is 5.75. The minimum absolute atomic E-state index is 0.146. The van der Waals surface area contributed by atoms with Crippen molar-refractivity contribution in [3.05, 3.63) is 41.4 Å². The van der Waals surface area contributed by atoms with Crippen LogP contribution in [-0.2, 0) is 21.5 Å². The number of esters is 1. The Bertz CT molecular complexity index is 605. The van der Waals surface area contributed by atoms with Crippen molar-refractivity contribution in [2.75, 3.05) is 7.11 Å². The molecule has 0 N–H and O–H groups in total. The molecule has 7 heteroatoms. The lowest BCUT2D eigenvalue weighted by atomic mass is 10.1. The number of ether oxygens (including phenoxy) is 1. The number of methoxy groups -OCH3 is 1. The summed E-state index contributed by atoms with van der Waals surface area (Å²) >= 11 is 0. The summed E-state index contributed by atoms with van der Waals surface area (Å²) in [6.07, 6.45) is -2.80. The van der Waals surface area contributed by atoms with Crippen LogP contribution in [0.5, 0.6) is 0 Å². The first-order valence-corrected chi connectivity index (χ1v) is 7.06. The van der Waals surface area contributed by atoms with E-state index < -0.39 is 22.2 Å². The Balaban J connectivity index is 2.29. The van der Waals surface area contributed by atoms with E-state index in [0.717, 1.165) is 12.1 Å². The number of hydrogen-bond acceptors (Lipinski definition) is 3. The fourth-order valence-electron chi connectivity index (χ4n) is 1.63. The van der Waals surface area contributed by atoms with Gasteiger partial charge in [-0.1, -0.05) is 0 Å². The van der Waals surface area contributed by atoms with Crippen LogP contribution in [0, 0.1) is 0 Å². The molecule has 0 saturated heterocycles. The first-order chi connectivity index (χ1) is 9.41. The molecule has 0 spiro atoms. The average molecular weight is 302 g/mol. The third-order valence-corrected chi connectivity index (χ3v) is 4.46. The Morgan fingerprint density at radius 3 is 2.50 bits per heavy atom. The van der Waals surface area contributed by atoms with Crippen LogP contribution in [0.3, 0.4) is 0 Å². The molecule has 1 aromatic heterocycles. The van der Waals surface area contributed by atoms with E-state index in [2.05, 4.69) is 9.72 Å². The number of carbonyl (C=O) groups is 1. The molecule has 0 radical (unpaired) electrons. The van der Waals surface area contributed by atoms with Gasteiger partial charge in [-0.2, -0.15) is 13.2 Å². The van der Waals surface area contributed by atoms with Crippen molar-refractivity contribution in [2.45, 2.75) is 11.9 Å². The molecule has 1 heterocycles. The van der Waals surface area contributed by atoms with Crippen LogP contribution in [0.15, 0.2) is 35.8 Å². The van der Waals surface area contributed by atoms with Crippen molar-refractivity contribution in [1.82, 2.24) is 4.98 Å². The number of carbonyl (C=O) groups excluding carboxylic acids is 1.